The molecular formula is C17H29N3. The Bertz CT molecular complexity index is 399. The maximum Gasteiger partial charge on any atom is 0.126 e. The van der Waals surface area contributed by atoms with E-state index in [-0.39, 0.29) is 0 Å². The molecular weight excluding hydrogens is 246 g/mol. The van der Waals surface area contributed by atoms with Crippen LogP contribution in [0.1, 0.15) is 58.6 Å². The first-order chi connectivity index (χ1) is 9.60. The summed E-state index contributed by atoms with van der Waals surface area (Å²) >= 11 is 0. The minimum Gasteiger partial charge on any atom is -0.368 e. The zero-order valence-electron chi connectivity index (χ0n) is 13.4. The summed E-state index contributed by atoms with van der Waals surface area (Å²) in [6.45, 7) is 11.4. The van der Waals surface area contributed by atoms with E-state index in [0.29, 0.717) is 12.1 Å². The summed E-state index contributed by atoms with van der Waals surface area (Å²) in [4.78, 5) is 7.20. The molecule has 3 nitrogen and oxygen atoms in total. The molecule has 0 bridgehead atoms. The topological polar surface area (TPSA) is 28.2 Å². The Hall–Kier alpha value is -1.09. The molecule has 1 aromatic heterocycles. The molecule has 20 heavy (non-hydrogen) atoms. The van der Waals surface area contributed by atoms with Crippen LogP contribution in [0.4, 0.5) is 5.82 Å². The van der Waals surface area contributed by atoms with Gasteiger partial charge in [0.25, 0.3) is 0 Å². The van der Waals surface area contributed by atoms with E-state index >= 15 is 0 Å². The zero-order chi connectivity index (χ0) is 14.5. The van der Waals surface area contributed by atoms with Crippen LogP contribution in [0.5, 0.6) is 0 Å². The van der Waals surface area contributed by atoms with E-state index in [1.807, 2.05) is 0 Å². The van der Waals surface area contributed by atoms with Crippen LogP contribution in [0.3, 0.4) is 0 Å². The van der Waals surface area contributed by atoms with Crippen molar-refractivity contribution in [2.24, 2.45) is 5.92 Å². The number of likely N-dealkylation sites (tertiary alicyclic amines) is 1. The number of hydrogen-bond acceptors (Lipinski definition) is 3. The Morgan fingerprint density at radius 2 is 2.15 bits per heavy atom. The maximum atomic E-state index is 4.59. The number of pyridine rings is 1. The van der Waals surface area contributed by atoms with E-state index in [9.17, 15) is 0 Å². The zero-order valence-corrected chi connectivity index (χ0v) is 13.4. The van der Waals surface area contributed by atoms with Gasteiger partial charge in [0.15, 0.2) is 0 Å². The normalized spacial score (nSPS) is 21.4. The van der Waals surface area contributed by atoms with Gasteiger partial charge in [0.05, 0.1) is 0 Å². The van der Waals surface area contributed by atoms with Gasteiger partial charge in [0.1, 0.15) is 5.82 Å². The van der Waals surface area contributed by atoms with Crippen LogP contribution >= 0.6 is 0 Å². The number of hydrogen-bond donors (Lipinski definition) is 1. The van der Waals surface area contributed by atoms with Gasteiger partial charge < -0.3 is 5.32 Å². The molecule has 1 aliphatic rings. The molecule has 1 aromatic rings. The second-order valence-corrected chi connectivity index (χ2v) is 6.48. The third-order valence-corrected chi connectivity index (χ3v) is 4.14. The summed E-state index contributed by atoms with van der Waals surface area (Å²) in [7, 11) is 0. The summed E-state index contributed by atoms with van der Waals surface area (Å²) in [5, 5.41) is 3.43. The highest BCUT2D eigenvalue weighted by atomic mass is 15.2. The van der Waals surface area contributed by atoms with Crippen LogP contribution in [0.25, 0.3) is 0 Å². The van der Waals surface area contributed by atoms with Crippen LogP contribution in [0.2, 0.25) is 0 Å². The summed E-state index contributed by atoms with van der Waals surface area (Å²) in [5.74, 6) is 1.73. The largest absolute Gasteiger partial charge is 0.368 e. The number of rotatable bonds is 6. The number of anilines is 1. The van der Waals surface area contributed by atoms with E-state index in [1.54, 1.807) is 0 Å². The molecule has 1 saturated heterocycles. The van der Waals surface area contributed by atoms with Gasteiger partial charge in [-0.2, -0.15) is 0 Å². The van der Waals surface area contributed by atoms with Crippen molar-refractivity contribution in [2.45, 2.75) is 59.0 Å². The Labute approximate surface area is 123 Å². The molecule has 1 N–H and O–H groups in total. The first-order valence-electron chi connectivity index (χ1n) is 8.06. The van der Waals surface area contributed by atoms with Crippen molar-refractivity contribution >= 4 is 5.82 Å². The van der Waals surface area contributed by atoms with Gasteiger partial charge in [-0.3, -0.25) is 4.90 Å². The van der Waals surface area contributed by atoms with Gasteiger partial charge >= 0.3 is 0 Å². The SMILES string of the molecule is CC[C@H](C)Nc1ccc([C@@H]2CCCN2CC(C)C)cn1. The summed E-state index contributed by atoms with van der Waals surface area (Å²) < 4.78 is 0. The summed E-state index contributed by atoms with van der Waals surface area (Å²) in [5.41, 5.74) is 1.37. The van der Waals surface area contributed by atoms with Gasteiger partial charge in [0, 0.05) is 24.8 Å². The van der Waals surface area contributed by atoms with Crippen LogP contribution in [0.15, 0.2) is 18.3 Å². The molecule has 2 rings (SSSR count). The van der Waals surface area contributed by atoms with E-state index in [2.05, 4.69) is 61.2 Å². The minimum absolute atomic E-state index is 0.484. The van der Waals surface area contributed by atoms with Crippen LogP contribution in [-0.2, 0) is 0 Å². The fourth-order valence-electron chi connectivity index (χ4n) is 2.93. The van der Waals surface area contributed by atoms with E-state index in [1.165, 1.54) is 31.5 Å². The van der Waals surface area contributed by atoms with Gasteiger partial charge in [-0.15, -0.1) is 0 Å². The van der Waals surface area contributed by atoms with Gasteiger partial charge in [-0.25, -0.2) is 4.98 Å². The van der Waals surface area contributed by atoms with Crippen molar-refractivity contribution in [2.75, 3.05) is 18.4 Å². The second-order valence-electron chi connectivity index (χ2n) is 6.48. The smallest absolute Gasteiger partial charge is 0.126 e. The lowest BCUT2D eigenvalue weighted by atomic mass is 10.1. The number of aromatic nitrogens is 1. The predicted molar refractivity (Wildman–Crippen MR) is 86.0 cm³/mol. The average molecular weight is 275 g/mol. The lowest BCUT2D eigenvalue weighted by Gasteiger charge is -2.26. The molecule has 0 unspecified atom stereocenters. The standard InChI is InChI=1S/C17H29N3/c1-5-14(4)19-17-9-8-15(11-18-17)16-7-6-10-20(16)12-13(2)3/h8-9,11,13-14,16H,5-7,10,12H2,1-4H3,(H,18,19)/t14-,16-/m0/s1. The monoisotopic (exact) mass is 275 g/mol. The van der Waals surface area contributed by atoms with Crippen molar-refractivity contribution in [3.05, 3.63) is 23.9 Å². The van der Waals surface area contributed by atoms with E-state index < -0.39 is 0 Å². The highest BCUT2D eigenvalue weighted by Crippen LogP contribution is 2.32. The average Bonchev–Trinajstić information content (AvgIpc) is 2.87. The molecule has 0 aliphatic carbocycles. The van der Waals surface area contributed by atoms with Crippen LogP contribution in [-0.4, -0.2) is 29.0 Å². The second kappa shape index (κ2) is 7.07. The quantitative estimate of drug-likeness (QED) is 0.847. The highest BCUT2D eigenvalue weighted by molar-refractivity contribution is 5.37. The van der Waals surface area contributed by atoms with Crippen molar-refractivity contribution in [3.63, 3.8) is 0 Å². The highest BCUT2D eigenvalue weighted by Gasteiger charge is 2.26. The molecule has 3 heteroatoms. The lowest BCUT2D eigenvalue weighted by Crippen LogP contribution is -2.27. The first kappa shape index (κ1) is 15.3. The van der Waals surface area contributed by atoms with Crippen LogP contribution in [0, 0.1) is 5.92 Å². The third-order valence-electron chi connectivity index (χ3n) is 4.14. The van der Waals surface area contributed by atoms with Crippen molar-refractivity contribution in [3.8, 4) is 0 Å². The molecule has 0 saturated carbocycles. The fraction of sp³-hybridized carbons (Fsp3) is 0.706. The molecule has 0 aromatic carbocycles. The Kier molecular flexibility index (Phi) is 5.41. The Morgan fingerprint density at radius 1 is 1.35 bits per heavy atom. The van der Waals surface area contributed by atoms with E-state index in [4.69, 9.17) is 0 Å². The maximum absolute atomic E-state index is 4.59. The summed E-state index contributed by atoms with van der Waals surface area (Å²) in [6, 6.07) is 5.44. The summed E-state index contributed by atoms with van der Waals surface area (Å²) in [6.07, 6.45) is 5.76. The fourth-order valence-corrected chi connectivity index (χ4v) is 2.93. The molecule has 0 spiro atoms. The molecule has 112 valence electrons. The van der Waals surface area contributed by atoms with Gasteiger partial charge in [0.2, 0.25) is 0 Å². The molecule has 1 aliphatic heterocycles. The first-order valence-corrected chi connectivity index (χ1v) is 8.06. The van der Waals surface area contributed by atoms with Gasteiger partial charge in [-0.1, -0.05) is 26.8 Å². The molecule has 0 amide bonds. The molecule has 1 fully saturated rings. The lowest BCUT2D eigenvalue weighted by molar-refractivity contribution is 0.228. The van der Waals surface area contributed by atoms with Crippen molar-refractivity contribution < 1.29 is 0 Å². The number of nitrogens with one attached hydrogen (secondary N) is 1. The van der Waals surface area contributed by atoms with E-state index in [0.717, 1.165) is 18.2 Å². The van der Waals surface area contributed by atoms with Crippen molar-refractivity contribution in [1.82, 2.24) is 9.88 Å². The third kappa shape index (κ3) is 3.95. The van der Waals surface area contributed by atoms with Gasteiger partial charge in [-0.05, 0) is 50.3 Å². The minimum atomic E-state index is 0.484. The molecule has 2 atom stereocenters. The number of nitrogens with zero attached hydrogens (tertiary/aromatic N) is 2. The Balaban J connectivity index is 2.01. The molecule has 2 heterocycles. The predicted octanol–water partition coefficient (Wildman–Crippen LogP) is 4.08. The van der Waals surface area contributed by atoms with Crippen molar-refractivity contribution in [1.29, 1.82) is 0 Å². The Morgan fingerprint density at radius 3 is 2.75 bits per heavy atom. The van der Waals surface area contributed by atoms with Crippen LogP contribution < -0.4 is 5.32 Å². The molecule has 0 radical (unpaired) electrons.